The SMILES string of the molecule is COCCn1cnnc1[C@@H](N)Cc1c[nH]c2ccccc12. The van der Waals surface area contributed by atoms with E-state index < -0.39 is 0 Å². The van der Waals surface area contributed by atoms with Crippen molar-refractivity contribution in [1.29, 1.82) is 0 Å². The summed E-state index contributed by atoms with van der Waals surface area (Å²) in [7, 11) is 1.68. The van der Waals surface area contributed by atoms with Gasteiger partial charge in [-0.15, -0.1) is 10.2 Å². The molecule has 3 rings (SSSR count). The number of hydrogen-bond donors (Lipinski definition) is 2. The third-order valence-electron chi connectivity index (χ3n) is 3.63. The van der Waals surface area contributed by atoms with Crippen molar-refractivity contribution in [1.82, 2.24) is 19.7 Å². The fourth-order valence-electron chi connectivity index (χ4n) is 2.54. The van der Waals surface area contributed by atoms with Gasteiger partial charge in [-0.3, -0.25) is 0 Å². The lowest BCUT2D eigenvalue weighted by Gasteiger charge is -2.12. The Balaban J connectivity index is 1.80. The summed E-state index contributed by atoms with van der Waals surface area (Å²) in [5.41, 5.74) is 8.64. The fourth-order valence-corrected chi connectivity index (χ4v) is 2.54. The number of nitrogens with zero attached hydrogens (tertiary/aromatic N) is 3. The molecule has 3 aromatic rings. The molecule has 0 amide bonds. The summed E-state index contributed by atoms with van der Waals surface area (Å²) in [6.45, 7) is 1.32. The van der Waals surface area contributed by atoms with Crippen LogP contribution >= 0.6 is 0 Å². The predicted molar refractivity (Wildman–Crippen MR) is 80.8 cm³/mol. The van der Waals surface area contributed by atoms with Crippen LogP contribution < -0.4 is 5.73 Å². The van der Waals surface area contributed by atoms with Crippen LogP contribution in [0.2, 0.25) is 0 Å². The number of aromatic amines is 1. The molecule has 2 heterocycles. The van der Waals surface area contributed by atoms with Crippen molar-refractivity contribution >= 4 is 10.9 Å². The molecule has 21 heavy (non-hydrogen) atoms. The molecular formula is C15H19N5O. The Morgan fingerprint density at radius 1 is 1.38 bits per heavy atom. The van der Waals surface area contributed by atoms with Gasteiger partial charge in [-0.2, -0.15) is 0 Å². The van der Waals surface area contributed by atoms with E-state index in [9.17, 15) is 0 Å². The first-order chi connectivity index (χ1) is 10.3. The Morgan fingerprint density at radius 3 is 3.10 bits per heavy atom. The van der Waals surface area contributed by atoms with Gasteiger partial charge in [-0.05, 0) is 18.1 Å². The summed E-state index contributed by atoms with van der Waals surface area (Å²) in [6, 6.07) is 8.02. The Morgan fingerprint density at radius 2 is 2.24 bits per heavy atom. The van der Waals surface area contributed by atoms with E-state index in [-0.39, 0.29) is 6.04 Å². The molecule has 0 aliphatic rings. The number of benzene rings is 1. The molecule has 2 aromatic heterocycles. The van der Waals surface area contributed by atoms with E-state index in [1.54, 1.807) is 13.4 Å². The highest BCUT2D eigenvalue weighted by molar-refractivity contribution is 5.83. The molecule has 0 fully saturated rings. The Kier molecular flexibility index (Phi) is 3.98. The number of methoxy groups -OCH3 is 1. The lowest BCUT2D eigenvalue weighted by Crippen LogP contribution is -2.20. The molecule has 110 valence electrons. The van der Waals surface area contributed by atoms with Crippen molar-refractivity contribution in [2.75, 3.05) is 13.7 Å². The maximum absolute atomic E-state index is 6.32. The molecule has 3 N–H and O–H groups in total. The number of aromatic nitrogens is 4. The van der Waals surface area contributed by atoms with Gasteiger partial charge in [-0.25, -0.2) is 0 Å². The lowest BCUT2D eigenvalue weighted by atomic mass is 10.1. The van der Waals surface area contributed by atoms with Crippen molar-refractivity contribution in [3.05, 3.63) is 48.2 Å². The van der Waals surface area contributed by atoms with E-state index in [1.165, 1.54) is 10.9 Å². The van der Waals surface area contributed by atoms with Gasteiger partial charge in [0.1, 0.15) is 12.2 Å². The molecule has 0 aliphatic heterocycles. The van der Waals surface area contributed by atoms with Crippen LogP contribution in [0.15, 0.2) is 36.8 Å². The van der Waals surface area contributed by atoms with Gasteiger partial charge in [0.2, 0.25) is 0 Å². The highest BCUT2D eigenvalue weighted by Gasteiger charge is 2.16. The largest absolute Gasteiger partial charge is 0.383 e. The molecule has 1 aromatic carbocycles. The monoisotopic (exact) mass is 285 g/mol. The molecular weight excluding hydrogens is 266 g/mol. The van der Waals surface area contributed by atoms with Gasteiger partial charge >= 0.3 is 0 Å². The fraction of sp³-hybridized carbons (Fsp3) is 0.333. The number of ether oxygens (including phenoxy) is 1. The van der Waals surface area contributed by atoms with Crippen molar-refractivity contribution < 1.29 is 4.74 Å². The van der Waals surface area contributed by atoms with Crippen LogP contribution in [0.3, 0.4) is 0 Å². The van der Waals surface area contributed by atoms with Gasteiger partial charge in [0.05, 0.1) is 12.6 Å². The first-order valence-electron chi connectivity index (χ1n) is 6.97. The summed E-state index contributed by atoms with van der Waals surface area (Å²) >= 11 is 0. The standard InChI is InChI=1S/C15H19N5O/c1-21-7-6-20-10-18-19-15(20)13(16)8-11-9-17-14-5-3-2-4-12(11)14/h2-5,9-10,13,17H,6-8,16H2,1H3/t13-/m0/s1. The van der Waals surface area contributed by atoms with Crippen LogP contribution in [-0.4, -0.2) is 33.5 Å². The summed E-state index contributed by atoms with van der Waals surface area (Å²) in [6.07, 6.45) is 4.43. The minimum absolute atomic E-state index is 0.191. The number of H-pyrrole nitrogens is 1. The third-order valence-corrected chi connectivity index (χ3v) is 3.63. The van der Waals surface area contributed by atoms with Crippen LogP contribution in [0.5, 0.6) is 0 Å². The second-order valence-corrected chi connectivity index (χ2v) is 5.05. The summed E-state index contributed by atoms with van der Waals surface area (Å²) < 4.78 is 7.04. The molecule has 6 heteroatoms. The maximum atomic E-state index is 6.32. The van der Waals surface area contributed by atoms with Crippen molar-refractivity contribution in [2.24, 2.45) is 5.73 Å². The van der Waals surface area contributed by atoms with E-state index in [4.69, 9.17) is 10.5 Å². The summed E-state index contributed by atoms with van der Waals surface area (Å²) in [5.74, 6) is 0.789. The minimum atomic E-state index is -0.191. The average Bonchev–Trinajstić information content (AvgIpc) is 3.12. The van der Waals surface area contributed by atoms with Crippen molar-refractivity contribution in [2.45, 2.75) is 19.0 Å². The predicted octanol–water partition coefficient (Wildman–Crippen LogP) is 1.65. The second kappa shape index (κ2) is 6.07. The molecule has 0 radical (unpaired) electrons. The third kappa shape index (κ3) is 2.81. The van der Waals surface area contributed by atoms with Crippen LogP contribution in [-0.2, 0) is 17.7 Å². The normalized spacial score (nSPS) is 12.9. The number of nitrogens with two attached hydrogens (primary N) is 1. The van der Waals surface area contributed by atoms with Crippen LogP contribution in [0.1, 0.15) is 17.4 Å². The van der Waals surface area contributed by atoms with Crippen LogP contribution in [0, 0.1) is 0 Å². The summed E-state index contributed by atoms with van der Waals surface area (Å²) in [5, 5.41) is 9.31. The Labute approximate surface area is 122 Å². The topological polar surface area (TPSA) is 81.8 Å². The van der Waals surface area contributed by atoms with Crippen LogP contribution in [0.25, 0.3) is 10.9 Å². The van der Waals surface area contributed by atoms with E-state index in [1.807, 2.05) is 22.9 Å². The molecule has 0 saturated carbocycles. The van der Waals surface area contributed by atoms with Gasteiger partial charge in [-0.1, -0.05) is 18.2 Å². The zero-order valence-electron chi connectivity index (χ0n) is 12.0. The molecule has 0 saturated heterocycles. The zero-order valence-corrected chi connectivity index (χ0v) is 12.0. The molecule has 0 unspecified atom stereocenters. The van der Waals surface area contributed by atoms with E-state index in [0.29, 0.717) is 13.2 Å². The lowest BCUT2D eigenvalue weighted by molar-refractivity contribution is 0.185. The van der Waals surface area contributed by atoms with E-state index in [2.05, 4.69) is 27.3 Å². The number of hydrogen-bond acceptors (Lipinski definition) is 4. The van der Waals surface area contributed by atoms with Crippen LogP contribution in [0.4, 0.5) is 0 Å². The highest BCUT2D eigenvalue weighted by atomic mass is 16.5. The molecule has 1 atom stereocenters. The van der Waals surface area contributed by atoms with Gasteiger partial charge in [0.15, 0.2) is 0 Å². The first-order valence-corrected chi connectivity index (χ1v) is 6.97. The first kappa shape index (κ1) is 13.8. The Bertz CT molecular complexity index is 718. The van der Waals surface area contributed by atoms with Crippen molar-refractivity contribution in [3.8, 4) is 0 Å². The van der Waals surface area contributed by atoms with Gasteiger partial charge in [0, 0.05) is 30.8 Å². The maximum Gasteiger partial charge on any atom is 0.150 e. The van der Waals surface area contributed by atoms with Gasteiger partial charge in [0.25, 0.3) is 0 Å². The smallest absolute Gasteiger partial charge is 0.150 e. The zero-order chi connectivity index (χ0) is 14.7. The Hall–Kier alpha value is -2.18. The highest BCUT2D eigenvalue weighted by Crippen LogP contribution is 2.22. The molecule has 0 spiro atoms. The number of nitrogens with one attached hydrogen (secondary N) is 1. The number of para-hydroxylation sites is 1. The molecule has 6 nitrogen and oxygen atoms in total. The average molecular weight is 285 g/mol. The second-order valence-electron chi connectivity index (χ2n) is 5.05. The summed E-state index contributed by atoms with van der Waals surface area (Å²) in [4.78, 5) is 3.27. The van der Waals surface area contributed by atoms with Crippen molar-refractivity contribution in [3.63, 3.8) is 0 Å². The molecule has 0 bridgehead atoms. The minimum Gasteiger partial charge on any atom is -0.383 e. The quantitative estimate of drug-likeness (QED) is 0.721. The number of fused-ring (bicyclic) bond motifs is 1. The van der Waals surface area contributed by atoms with E-state index in [0.717, 1.165) is 17.8 Å². The van der Waals surface area contributed by atoms with Gasteiger partial charge < -0.3 is 20.0 Å². The number of rotatable bonds is 6. The molecule has 0 aliphatic carbocycles. The van der Waals surface area contributed by atoms with E-state index >= 15 is 0 Å².